The van der Waals surface area contributed by atoms with E-state index in [1.54, 1.807) is 30.5 Å². The molecule has 0 fully saturated rings. The summed E-state index contributed by atoms with van der Waals surface area (Å²) in [6, 6.07) is 8.80. The summed E-state index contributed by atoms with van der Waals surface area (Å²) in [5.41, 5.74) is 1.29. The van der Waals surface area contributed by atoms with Crippen molar-refractivity contribution in [3.8, 4) is 0 Å². The highest BCUT2D eigenvalue weighted by molar-refractivity contribution is 5.82. The van der Waals surface area contributed by atoms with Crippen LogP contribution in [0.15, 0.2) is 42.6 Å². The van der Waals surface area contributed by atoms with Crippen molar-refractivity contribution in [2.45, 2.75) is 0 Å². The molecule has 76 valence electrons. The summed E-state index contributed by atoms with van der Waals surface area (Å²) in [6.07, 6.45) is 2.83. The molecular weight excluding hydrogens is 193 g/mol. The van der Waals surface area contributed by atoms with Crippen molar-refractivity contribution in [1.82, 2.24) is 4.98 Å². The Morgan fingerprint density at radius 2 is 2.27 bits per heavy atom. The first kappa shape index (κ1) is 9.80. The molecule has 0 spiro atoms. The second-order valence-electron chi connectivity index (χ2n) is 3.15. The van der Waals surface area contributed by atoms with Gasteiger partial charge in [0.05, 0.1) is 12.1 Å². The number of rotatable bonds is 2. The Bertz CT molecular complexity index is 508. The Kier molecular flexibility index (Phi) is 2.74. The molecule has 0 amide bonds. The molecule has 0 aliphatic rings. The Morgan fingerprint density at radius 1 is 1.40 bits per heavy atom. The van der Waals surface area contributed by atoms with E-state index in [0.717, 1.165) is 17.0 Å². The molecule has 1 N–H and O–H groups in total. The molecule has 0 aliphatic heterocycles. The van der Waals surface area contributed by atoms with Crippen LogP contribution in [0.5, 0.6) is 0 Å². The number of aromatic nitrogens is 1. The number of fused-ring (bicyclic) bond motifs is 1. The van der Waals surface area contributed by atoms with Gasteiger partial charge in [0, 0.05) is 17.1 Å². The van der Waals surface area contributed by atoms with Gasteiger partial charge in [-0.25, -0.2) is 4.39 Å². The van der Waals surface area contributed by atoms with Gasteiger partial charge in [-0.3, -0.25) is 4.98 Å². The molecule has 1 aromatic heterocycles. The molecule has 0 aliphatic carbocycles. The summed E-state index contributed by atoms with van der Waals surface area (Å²) in [6.45, 7) is -0.295. The first-order chi connectivity index (χ1) is 7.31. The fourth-order valence-corrected chi connectivity index (χ4v) is 1.42. The minimum Gasteiger partial charge on any atom is -0.392 e. The van der Waals surface area contributed by atoms with Crippen LogP contribution in [-0.4, -0.2) is 16.7 Å². The molecule has 0 unspecified atom stereocenters. The van der Waals surface area contributed by atoms with Gasteiger partial charge in [0.1, 0.15) is 5.83 Å². The van der Waals surface area contributed by atoms with E-state index in [0.29, 0.717) is 5.56 Å². The molecule has 2 nitrogen and oxygen atoms in total. The molecule has 0 atom stereocenters. The average Bonchev–Trinajstić information content (AvgIpc) is 2.29. The Morgan fingerprint density at radius 3 is 3.07 bits per heavy atom. The number of aliphatic hydroxyl groups excluding tert-OH is 1. The Balaban J connectivity index is 2.51. The van der Waals surface area contributed by atoms with E-state index >= 15 is 0 Å². The Hall–Kier alpha value is -1.74. The molecule has 0 radical (unpaired) electrons. The normalized spacial score (nSPS) is 12.0. The molecule has 1 aromatic carbocycles. The van der Waals surface area contributed by atoms with Gasteiger partial charge < -0.3 is 5.11 Å². The summed E-state index contributed by atoms with van der Waals surface area (Å²) >= 11 is 0. The molecule has 0 saturated heterocycles. The zero-order valence-electron chi connectivity index (χ0n) is 8.02. The SMILES string of the molecule is OC/C=C(/F)c1ccc2ncccc2c1. The second kappa shape index (κ2) is 4.19. The molecule has 15 heavy (non-hydrogen) atoms. The van der Waals surface area contributed by atoms with E-state index in [2.05, 4.69) is 4.98 Å². The van der Waals surface area contributed by atoms with E-state index in [-0.39, 0.29) is 6.61 Å². The maximum absolute atomic E-state index is 13.3. The van der Waals surface area contributed by atoms with E-state index in [9.17, 15) is 4.39 Å². The topological polar surface area (TPSA) is 33.1 Å². The van der Waals surface area contributed by atoms with Gasteiger partial charge in [0.25, 0.3) is 0 Å². The minimum absolute atomic E-state index is 0.295. The summed E-state index contributed by atoms with van der Waals surface area (Å²) in [7, 11) is 0. The lowest BCUT2D eigenvalue weighted by Gasteiger charge is -2.00. The first-order valence-electron chi connectivity index (χ1n) is 4.63. The fourth-order valence-electron chi connectivity index (χ4n) is 1.42. The van der Waals surface area contributed by atoms with Gasteiger partial charge in [-0.15, -0.1) is 0 Å². The maximum Gasteiger partial charge on any atom is 0.128 e. The Labute approximate surface area is 86.7 Å². The number of hydrogen-bond acceptors (Lipinski definition) is 2. The highest BCUT2D eigenvalue weighted by Crippen LogP contribution is 2.20. The van der Waals surface area contributed by atoms with Gasteiger partial charge in [-0.1, -0.05) is 6.07 Å². The zero-order chi connectivity index (χ0) is 10.7. The number of benzene rings is 1. The summed E-state index contributed by atoms with van der Waals surface area (Å²) in [5.74, 6) is -0.414. The summed E-state index contributed by atoms with van der Waals surface area (Å²) in [5, 5.41) is 9.47. The number of aliphatic hydroxyl groups is 1. The molecule has 0 saturated carbocycles. The van der Waals surface area contributed by atoms with E-state index in [1.807, 2.05) is 6.07 Å². The third-order valence-electron chi connectivity index (χ3n) is 2.15. The van der Waals surface area contributed by atoms with Crippen LogP contribution in [0.2, 0.25) is 0 Å². The van der Waals surface area contributed by atoms with E-state index in [4.69, 9.17) is 5.11 Å². The van der Waals surface area contributed by atoms with Gasteiger partial charge in [0.2, 0.25) is 0 Å². The second-order valence-corrected chi connectivity index (χ2v) is 3.15. The number of halogens is 1. The average molecular weight is 203 g/mol. The van der Waals surface area contributed by atoms with Crippen molar-refractivity contribution in [3.05, 3.63) is 48.2 Å². The molecule has 1 heterocycles. The minimum atomic E-state index is -0.414. The standard InChI is InChI=1S/C12H10FNO/c13-11(5-7-15)9-3-4-12-10(8-9)2-1-6-14-12/h1-6,8,15H,7H2/b11-5+. The lowest BCUT2D eigenvalue weighted by atomic mass is 10.1. The van der Waals surface area contributed by atoms with Crippen LogP contribution in [0.1, 0.15) is 5.56 Å². The molecule has 3 heteroatoms. The predicted octanol–water partition coefficient (Wildman–Crippen LogP) is 2.54. The number of pyridine rings is 1. The van der Waals surface area contributed by atoms with Crippen LogP contribution in [0, 0.1) is 0 Å². The lowest BCUT2D eigenvalue weighted by Crippen LogP contribution is -1.83. The molecule has 2 aromatic rings. The van der Waals surface area contributed by atoms with Crippen molar-refractivity contribution >= 4 is 16.7 Å². The van der Waals surface area contributed by atoms with Crippen LogP contribution < -0.4 is 0 Å². The zero-order valence-corrected chi connectivity index (χ0v) is 8.02. The first-order valence-corrected chi connectivity index (χ1v) is 4.63. The summed E-state index contributed by atoms with van der Waals surface area (Å²) < 4.78 is 13.3. The highest BCUT2D eigenvalue weighted by Gasteiger charge is 2.01. The van der Waals surface area contributed by atoms with Crippen molar-refractivity contribution in [2.24, 2.45) is 0 Å². The van der Waals surface area contributed by atoms with Crippen molar-refractivity contribution in [1.29, 1.82) is 0 Å². The monoisotopic (exact) mass is 203 g/mol. The van der Waals surface area contributed by atoms with Gasteiger partial charge in [0.15, 0.2) is 0 Å². The van der Waals surface area contributed by atoms with Crippen LogP contribution >= 0.6 is 0 Å². The van der Waals surface area contributed by atoms with Crippen LogP contribution in [0.3, 0.4) is 0 Å². The van der Waals surface area contributed by atoms with Crippen molar-refractivity contribution in [3.63, 3.8) is 0 Å². The quantitative estimate of drug-likeness (QED) is 0.813. The third kappa shape index (κ3) is 2.02. The fraction of sp³-hybridized carbons (Fsp3) is 0.0833. The van der Waals surface area contributed by atoms with Crippen LogP contribution in [0.25, 0.3) is 16.7 Å². The highest BCUT2D eigenvalue weighted by atomic mass is 19.1. The molecule has 2 rings (SSSR count). The predicted molar refractivity (Wildman–Crippen MR) is 57.9 cm³/mol. The molecular formula is C12H10FNO. The lowest BCUT2D eigenvalue weighted by molar-refractivity contribution is 0.342. The summed E-state index contributed by atoms with van der Waals surface area (Å²) in [4.78, 5) is 4.14. The smallest absolute Gasteiger partial charge is 0.128 e. The van der Waals surface area contributed by atoms with Crippen molar-refractivity contribution < 1.29 is 9.50 Å². The van der Waals surface area contributed by atoms with Crippen molar-refractivity contribution in [2.75, 3.05) is 6.61 Å². The van der Waals surface area contributed by atoms with Crippen LogP contribution in [0.4, 0.5) is 4.39 Å². The maximum atomic E-state index is 13.3. The number of hydrogen-bond donors (Lipinski definition) is 1. The van der Waals surface area contributed by atoms with Gasteiger partial charge in [-0.05, 0) is 30.3 Å². The van der Waals surface area contributed by atoms with Crippen LogP contribution in [-0.2, 0) is 0 Å². The molecule has 0 bridgehead atoms. The van der Waals surface area contributed by atoms with E-state index in [1.165, 1.54) is 0 Å². The van der Waals surface area contributed by atoms with Gasteiger partial charge in [-0.2, -0.15) is 0 Å². The third-order valence-corrected chi connectivity index (χ3v) is 2.15. The number of nitrogens with zero attached hydrogens (tertiary/aromatic N) is 1. The van der Waals surface area contributed by atoms with E-state index < -0.39 is 5.83 Å². The largest absolute Gasteiger partial charge is 0.392 e. The van der Waals surface area contributed by atoms with Gasteiger partial charge >= 0.3 is 0 Å².